The Kier molecular flexibility index (Phi) is 2.12. The Morgan fingerprint density at radius 2 is 2.00 bits per heavy atom. The number of hydrogen-bond donors (Lipinski definition) is 5. The third-order valence-corrected chi connectivity index (χ3v) is 1.67. The van der Waals surface area contributed by atoms with Crippen molar-refractivity contribution in [3.8, 4) is 0 Å². The van der Waals surface area contributed by atoms with Crippen molar-refractivity contribution in [1.82, 2.24) is 0 Å². The van der Waals surface area contributed by atoms with Crippen LogP contribution >= 0.6 is 0 Å². The second-order valence-corrected chi connectivity index (χ2v) is 2.63. The number of carboxylic acid groups (broad SMARTS) is 1. The van der Waals surface area contributed by atoms with Gasteiger partial charge in [0, 0.05) is 0 Å². The molecule has 1 aliphatic carbocycles. The van der Waals surface area contributed by atoms with E-state index in [4.69, 9.17) is 25.5 Å². The quantitative estimate of drug-likeness (QED) is 0.319. The molecule has 0 radical (unpaired) electrons. The highest BCUT2D eigenvalue weighted by atomic mass is 16.5. The van der Waals surface area contributed by atoms with Crippen molar-refractivity contribution in [3.63, 3.8) is 0 Å². The van der Waals surface area contributed by atoms with Gasteiger partial charge >= 0.3 is 5.97 Å². The Balaban J connectivity index is 3.07. The van der Waals surface area contributed by atoms with Crippen LogP contribution in [0.15, 0.2) is 23.5 Å². The lowest BCUT2D eigenvalue weighted by atomic mass is 9.97. The van der Waals surface area contributed by atoms with E-state index in [1.165, 1.54) is 0 Å². The van der Waals surface area contributed by atoms with E-state index in [9.17, 15) is 4.79 Å². The Morgan fingerprint density at radius 1 is 1.46 bits per heavy atom. The Labute approximate surface area is 72.7 Å². The fourth-order valence-electron chi connectivity index (χ4n) is 0.872. The van der Waals surface area contributed by atoms with E-state index in [-0.39, 0.29) is 0 Å². The maximum Gasteiger partial charge on any atom is 0.335 e. The van der Waals surface area contributed by atoms with Gasteiger partial charge in [0.15, 0.2) is 5.76 Å². The van der Waals surface area contributed by atoms with E-state index in [1.807, 2.05) is 0 Å². The number of rotatable bonds is 1. The van der Waals surface area contributed by atoms with Crippen molar-refractivity contribution >= 4 is 5.97 Å². The molecular weight excluding hydrogens is 180 g/mol. The molecule has 0 saturated heterocycles. The molecule has 5 N–H and O–H groups in total. The molecule has 0 fully saturated rings. The van der Waals surface area contributed by atoms with Gasteiger partial charge < -0.3 is 25.5 Å². The number of hydrogen-bond acceptors (Lipinski definition) is 5. The van der Waals surface area contributed by atoms with Crippen LogP contribution in [-0.4, -0.2) is 43.4 Å². The molecule has 1 rings (SSSR count). The predicted octanol–water partition coefficient (Wildman–Crippen LogP) is -1.51. The largest absolute Gasteiger partial charge is 0.507 e. The van der Waals surface area contributed by atoms with E-state index in [0.717, 1.165) is 6.08 Å². The van der Waals surface area contributed by atoms with Gasteiger partial charge in [-0.2, -0.15) is 0 Å². The van der Waals surface area contributed by atoms with E-state index in [0.29, 0.717) is 6.08 Å². The summed E-state index contributed by atoms with van der Waals surface area (Å²) in [6, 6.07) is 0. The van der Waals surface area contributed by atoms with Gasteiger partial charge in [-0.25, -0.2) is 4.79 Å². The lowest BCUT2D eigenvalue weighted by Crippen LogP contribution is -2.45. The maximum absolute atomic E-state index is 10.4. The molecule has 6 heteroatoms. The molecule has 0 aromatic carbocycles. The fraction of sp³-hybridized carbons (Fsp3) is 0.286. The topological polar surface area (TPSA) is 118 Å². The van der Waals surface area contributed by atoms with Crippen molar-refractivity contribution in [2.45, 2.75) is 11.9 Å². The summed E-state index contributed by atoms with van der Waals surface area (Å²) in [4.78, 5) is 10.4. The van der Waals surface area contributed by atoms with E-state index >= 15 is 0 Å². The van der Waals surface area contributed by atoms with Gasteiger partial charge in [0.1, 0.15) is 6.10 Å². The molecule has 1 atom stereocenters. The molecule has 0 aliphatic heterocycles. The third kappa shape index (κ3) is 1.55. The standard InChI is InChI=1S/C7H8O6/c8-4-1-3(6(10)11)2-5(9)7(4,12)13/h1-2,4,8-9,12-13H,(H,10,11). The van der Waals surface area contributed by atoms with Gasteiger partial charge in [0.05, 0.1) is 5.57 Å². The van der Waals surface area contributed by atoms with Gasteiger partial charge in [0.2, 0.25) is 0 Å². The zero-order valence-electron chi connectivity index (χ0n) is 6.38. The highest BCUT2D eigenvalue weighted by Gasteiger charge is 2.40. The fourth-order valence-corrected chi connectivity index (χ4v) is 0.872. The van der Waals surface area contributed by atoms with Crippen molar-refractivity contribution in [2.75, 3.05) is 0 Å². The predicted molar refractivity (Wildman–Crippen MR) is 39.6 cm³/mol. The Hall–Kier alpha value is -1.37. The second-order valence-electron chi connectivity index (χ2n) is 2.63. The molecule has 0 aromatic rings. The van der Waals surface area contributed by atoms with Crippen LogP contribution in [0.4, 0.5) is 0 Å². The summed E-state index contributed by atoms with van der Waals surface area (Å²) in [5.74, 6) is -5.18. The van der Waals surface area contributed by atoms with Crippen LogP contribution in [-0.2, 0) is 4.79 Å². The molecule has 0 bridgehead atoms. The number of aliphatic hydroxyl groups is 4. The molecule has 0 amide bonds. The van der Waals surface area contributed by atoms with Crippen LogP contribution in [0, 0.1) is 0 Å². The molecule has 0 saturated carbocycles. The summed E-state index contributed by atoms with van der Waals surface area (Å²) < 4.78 is 0. The molecule has 6 nitrogen and oxygen atoms in total. The summed E-state index contributed by atoms with van der Waals surface area (Å²) in [5.41, 5.74) is -0.399. The highest BCUT2D eigenvalue weighted by Crippen LogP contribution is 2.24. The molecule has 72 valence electrons. The number of aliphatic hydroxyl groups excluding tert-OH is 2. The van der Waals surface area contributed by atoms with E-state index in [2.05, 4.69) is 0 Å². The molecule has 1 unspecified atom stereocenters. The molecule has 0 heterocycles. The van der Waals surface area contributed by atoms with Crippen molar-refractivity contribution in [2.24, 2.45) is 0 Å². The SMILES string of the molecule is O=C(O)C1=CC(O)C(O)(O)C(O)=C1. The van der Waals surface area contributed by atoms with Crippen molar-refractivity contribution in [3.05, 3.63) is 23.5 Å². The summed E-state index contributed by atoms with van der Waals surface area (Å²) in [6.07, 6.45) is -0.472. The monoisotopic (exact) mass is 188 g/mol. The van der Waals surface area contributed by atoms with Crippen LogP contribution < -0.4 is 0 Å². The van der Waals surface area contributed by atoms with Crippen LogP contribution in [0.1, 0.15) is 0 Å². The first-order valence-electron chi connectivity index (χ1n) is 3.34. The second kappa shape index (κ2) is 2.84. The Morgan fingerprint density at radius 3 is 2.38 bits per heavy atom. The summed E-state index contributed by atoms with van der Waals surface area (Å²) in [7, 11) is 0. The van der Waals surface area contributed by atoms with Crippen LogP contribution in [0.3, 0.4) is 0 Å². The summed E-state index contributed by atoms with van der Waals surface area (Å²) in [5, 5.41) is 44.3. The van der Waals surface area contributed by atoms with Crippen molar-refractivity contribution in [1.29, 1.82) is 0 Å². The van der Waals surface area contributed by atoms with Gasteiger partial charge in [0.25, 0.3) is 5.79 Å². The van der Waals surface area contributed by atoms with E-state index < -0.39 is 29.2 Å². The zero-order chi connectivity index (χ0) is 10.2. The number of aliphatic carboxylic acids is 1. The Bertz CT molecular complexity index is 300. The van der Waals surface area contributed by atoms with Gasteiger partial charge in [-0.05, 0) is 12.2 Å². The minimum atomic E-state index is -2.81. The van der Waals surface area contributed by atoms with Gasteiger partial charge in [-0.3, -0.25) is 0 Å². The molecule has 1 aliphatic rings. The van der Waals surface area contributed by atoms with E-state index in [1.54, 1.807) is 0 Å². The molecule has 0 spiro atoms. The average Bonchev–Trinajstić information content (AvgIpc) is 2.00. The normalized spacial score (nSPS) is 26.2. The summed E-state index contributed by atoms with van der Waals surface area (Å²) >= 11 is 0. The first-order chi connectivity index (χ1) is 5.85. The lowest BCUT2D eigenvalue weighted by Gasteiger charge is -2.27. The van der Waals surface area contributed by atoms with Crippen molar-refractivity contribution < 1.29 is 30.3 Å². The van der Waals surface area contributed by atoms with Gasteiger partial charge in [-0.15, -0.1) is 0 Å². The smallest absolute Gasteiger partial charge is 0.335 e. The zero-order valence-corrected chi connectivity index (χ0v) is 6.38. The molecule has 13 heavy (non-hydrogen) atoms. The average molecular weight is 188 g/mol. The lowest BCUT2D eigenvalue weighted by molar-refractivity contribution is -0.202. The minimum absolute atomic E-state index is 0.399. The minimum Gasteiger partial charge on any atom is -0.507 e. The highest BCUT2D eigenvalue weighted by molar-refractivity contribution is 5.90. The maximum atomic E-state index is 10.4. The van der Waals surface area contributed by atoms with Crippen LogP contribution in [0.5, 0.6) is 0 Å². The molecule has 0 aromatic heterocycles. The summed E-state index contributed by atoms with van der Waals surface area (Å²) in [6.45, 7) is 0. The van der Waals surface area contributed by atoms with Gasteiger partial charge in [-0.1, -0.05) is 0 Å². The molecular formula is C7H8O6. The number of carbonyl (C=O) groups is 1. The number of carboxylic acids is 1. The first-order valence-corrected chi connectivity index (χ1v) is 3.34. The van der Waals surface area contributed by atoms with Crippen LogP contribution in [0.25, 0.3) is 0 Å². The van der Waals surface area contributed by atoms with Crippen LogP contribution in [0.2, 0.25) is 0 Å². The first kappa shape index (κ1) is 9.72. The third-order valence-electron chi connectivity index (χ3n) is 1.67.